The number of fused-ring (bicyclic) bond motifs is 2. The van der Waals surface area contributed by atoms with Crippen molar-refractivity contribution in [3.63, 3.8) is 0 Å². The summed E-state index contributed by atoms with van der Waals surface area (Å²) in [5, 5.41) is 2.98. The number of alkyl halides is 2. The third-order valence-corrected chi connectivity index (χ3v) is 5.69. The number of ether oxygens (including phenoxy) is 1. The molecule has 2 saturated carbocycles. The molecule has 0 unspecified atom stereocenters. The summed E-state index contributed by atoms with van der Waals surface area (Å²) in [6, 6.07) is 4.51. The molecule has 2 aliphatic rings. The van der Waals surface area contributed by atoms with Crippen LogP contribution in [0, 0.1) is 17.8 Å². The molecule has 2 aliphatic carbocycles. The Morgan fingerprint density at radius 3 is 2.74 bits per heavy atom. The standard InChI is InChI=1S/C17H20BrF2NO2/c1-9(13-7-10-2-3-11(13)6-10)21-16(22)14-8-12(18)4-5-15(14)23-17(19)20/h4-5,8-11,13,17H,2-3,6-7H2,1H3,(H,21,22)/t9-,10+,11+,13-/m1/s1. The lowest BCUT2D eigenvalue weighted by Crippen LogP contribution is -2.40. The van der Waals surface area contributed by atoms with E-state index in [9.17, 15) is 13.6 Å². The van der Waals surface area contributed by atoms with Crippen molar-refractivity contribution in [1.29, 1.82) is 0 Å². The molecule has 0 radical (unpaired) electrons. The summed E-state index contributed by atoms with van der Waals surface area (Å²) in [4.78, 5) is 12.5. The van der Waals surface area contributed by atoms with Gasteiger partial charge in [-0.2, -0.15) is 8.78 Å². The van der Waals surface area contributed by atoms with E-state index in [0.717, 1.165) is 12.3 Å². The molecule has 2 fully saturated rings. The molecule has 0 spiro atoms. The van der Waals surface area contributed by atoms with E-state index >= 15 is 0 Å². The van der Waals surface area contributed by atoms with Crippen LogP contribution in [-0.4, -0.2) is 18.6 Å². The van der Waals surface area contributed by atoms with E-state index < -0.39 is 6.61 Å². The van der Waals surface area contributed by atoms with E-state index in [-0.39, 0.29) is 23.3 Å². The first-order chi connectivity index (χ1) is 10.9. The predicted octanol–water partition coefficient (Wildman–Crippen LogP) is 4.61. The molecular formula is C17H20BrF2NO2. The van der Waals surface area contributed by atoms with Gasteiger partial charge in [-0.15, -0.1) is 0 Å². The maximum Gasteiger partial charge on any atom is 0.387 e. The lowest BCUT2D eigenvalue weighted by molar-refractivity contribution is -0.0501. The Bertz CT molecular complexity index is 596. The van der Waals surface area contributed by atoms with Crippen LogP contribution in [0.4, 0.5) is 8.78 Å². The molecule has 126 valence electrons. The summed E-state index contributed by atoms with van der Waals surface area (Å²) < 4.78 is 30.1. The number of amides is 1. The van der Waals surface area contributed by atoms with Gasteiger partial charge in [0.25, 0.3) is 5.91 Å². The highest BCUT2D eigenvalue weighted by Gasteiger charge is 2.42. The second-order valence-electron chi connectivity index (χ2n) is 6.62. The van der Waals surface area contributed by atoms with E-state index in [4.69, 9.17) is 0 Å². The fourth-order valence-corrected chi connectivity index (χ4v) is 4.54. The minimum atomic E-state index is -2.95. The fourth-order valence-electron chi connectivity index (χ4n) is 4.18. The lowest BCUT2D eigenvalue weighted by Gasteiger charge is -2.28. The van der Waals surface area contributed by atoms with Crippen molar-refractivity contribution in [2.45, 2.75) is 45.3 Å². The maximum atomic E-state index is 12.5. The van der Waals surface area contributed by atoms with Gasteiger partial charge in [0, 0.05) is 10.5 Å². The van der Waals surface area contributed by atoms with Crippen molar-refractivity contribution in [3.8, 4) is 5.75 Å². The zero-order chi connectivity index (χ0) is 16.6. The van der Waals surface area contributed by atoms with Crippen LogP contribution in [0.25, 0.3) is 0 Å². The molecule has 3 rings (SSSR count). The first-order valence-corrected chi connectivity index (χ1v) is 8.78. The van der Waals surface area contributed by atoms with E-state index in [2.05, 4.69) is 26.0 Å². The number of hydrogen-bond donors (Lipinski definition) is 1. The average Bonchev–Trinajstić information content (AvgIpc) is 3.11. The van der Waals surface area contributed by atoms with Gasteiger partial charge in [0.05, 0.1) is 5.56 Å². The monoisotopic (exact) mass is 387 g/mol. The highest BCUT2D eigenvalue weighted by Crippen LogP contribution is 2.49. The van der Waals surface area contributed by atoms with Crippen LogP contribution in [0.1, 0.15) is 43.0 Å². The molecule has 6 heteroatoms. The van der Waals surface area contributed by atoms with Gasteiger partial charge in [-0.25, -0.2) is 0 Å². The Balaban J connectivity index is 1.71. The van der Waals surface area contributed by atoms with Crippen molar-refractivity contribution < 1.29 is 18.3 Å². The highest BCUT2D eigenvalue weighted by atomic mass is 79.9. The van der Waals surface area contributed by atoms with Gasteiger partial charge in [0.1, 0.15) is 5.75 Å². The minimum Gasteiger partial charge on any atom is -0.434 e. The number of nitrogens with one attached hydrogen (secondary N) is 1. The van der Waals surface area contributed by atoms with Crippen molar-refractivity contribution in [2.75, 3.05) is 0 Å². The van der Waals surface area contributed by atoms with Crippen molar-refractivity contribution in [2.24, 2.45) is 17.8 Å². The van der Waals surface area contributed by atoms with E-state index in [0.29, 0.717) is 16.3 Å². The summed E-state index contributed by atoms with van der Waals surface area (Å²) in [6.07, 6.45) is 4.97. The Labute approximate surface area is 142 Å². The predicted molar refractivity (Wildman–Crippen MR) is 86.6 cm³/mol. The zero-order valence-electron chi connectivity index (χ0n) is 12.9. The van der Waals surface area contributed by atoms with Gasteiger partial charge in [-0.05, 0) is 62.1 Å². The smallest absolute Gasteiger partial charge is 0.387 e. The second kappa shape index (κ2) is 6.75. The van der Waals surface area contributed by atoms with Gasteiger partial charge in [-0.1, -0.05) is 22.4 Å². The normalized spacial score (nSPS) is 27.3. The molecule has 1 N–H and O–H groups in total. The Kier molecular flexibility index (Phi) is 4.90. The van der Waals surface area contributed by atoms with Crippen molar-refractivity contribution in [1.82, 2.24) is 5.32 Å². The van der Waals surface area contributed by atoms with Crippen LogP contribution >= 0.6 is 15.9 Å². The SMILES string of the molecule is C[C@@H](NC(=O)c1cc(Br)ccc1OC(F)F)[C@H]1C[C@H]2CC[C@H]1C2. The van der Waals surface area contributed by atoms with E-state index in [1.54, 1.807) is 6.07 Å². The number of carbonyl (C=O) groups excluding carboxylic acids is 1. The molecule has 0 heterocycles. The molecule has 23 heavy (non-hydrogen) atoms. The average molecular weight is 388 g/mol. The highest BCUT2D eigenvalue weighted by molar-refractivity contribution is 9.10. The van der Waals surface area contributed by atoms with Crippen molar-refractivity contribution >= 4 is 21.8 Å². The van der Waals surface area contributed by atoms with Crippen LogP contribution in [0.5, 0.6) is 5.75 Å². The van der Waals surface area contributed by atoms with Crippen LogP contribution in [0.2, 0.25) is 0 Å². The van der Waals surface area contributed by atoms with Gasteiger partial charge < -0.3 is 10.1 Å². The Hall–Kier alpha value is -1.17. The summed E-state index contributed by atoms with van der Waals surface area (Å²) in [5.41, 5.74) is 0.134. The minimum absolute atomic E-state index is 0.0381. The lowest BCUT2D eigenvalue weighted by atomic mass is 9.84. The Morgan fingerprint density at radius 2 is 2.13 bits per heavy atom. The number of rotatable bonds is 5. The van der Waals surface area contributed by atoms with Gasteiger partial charge in [0.2, 0.25) is 0 Å². The number of benzene rings is 1. The molecule has 0 aliphatic heterocycles. The molecule has 0 saturated heterocycles. The van der Waals surface area contributed by atoms with Crippen LogP contribution < -0.4 is 10.1 Å². The third kappa shape index (κ3) is 3.67. The zero-order valence-corrected chi connectivity index (χ0v) is 14.5. The number of carbonyl (C=O) groups is 1. The fraction of sp³-hybridized carbons (Fsp3) is 0.588. The number of halogens is 3. The summed E-state index contributed by atoms with van der Waals surface area (Å²) in [7, 11) is 0. The quantitative estimate of drug-likeness (QED) is 0.801. The van der Waals surface area contributed by atoms with Crippen molar-refractivity contribution in [3.05, 3.63) is 28.2 Å². The molecule has 0 aromatic heterocycles. The topological polar surface area (TPSA) is 38.3 Å². The molecule has 3 nitrogen and oxygen atoms in total. The van der Waals surface area contributed by atoms with Gasteiger partial charge >= 0.3 is 6.61 Å². The second-order valence-corrected chi connectivity index (χ2v) is 7.54. The summed E-state index contributed by atoms with van der Waals surface area (Å²) in [5.74, 6) is 1.52. The number of hydrogen-bond acceptors (Lipinski definition) is 2. The first-order valence-electron chi connectivity index (χ1n) is 7.99. The third-order valence-electron chi connectivity index (χ3n) is 5.20. The molecule has 1 amide bonds. The van der Waals surface area contributed by atoms with E-state index in [1.165, 1.54) is 31.4 Å². The van der Waals surface area contributed by atoms with Crippen LogP contribution in [-0.2, 0) is 0 Å². The molecular weight excluding hydrogens is 368 g/mol. The van der Waals surface area contributed by atoms with Gasteiger partial charge in [0.15, 0.2) is 0 Å². The van der Waals surface area contributed by atoms with E-state index in [1.807, 2.05) is 6.92 Å². The molecule has 1 aromatic carbocycles. The molecule has 4 atom stereocenters. The van der Waals surface area contributed by atoms with Crippen LogP contribution in [0.3, 0.4) is 0 Å². The Morgan fingerprint density at radius 1 is 1.35 bits per heavy atom. The molecule has 2 bridgehead atoms. The first kappa shape index (κ1) is 16.7. The maximum absolute atomic E-state index is 12.5. The van der Waals surface area contributed by atoms with Crippen LogP contribution in [0.15, 0.2) is 22.7 Å². The summed E-state index contributed by atoms with van der Waals surface area (Å²) in [6.45, 7) is -0.944. The van der Waals surface area contributed by atoms with Gasteiger partial charge in [-0.3, -0.25) is 4.79 Å². The largest absolute Gasteiger partial charge is 0.434 e. The summed E-state index contributed by atoms with van der Waals surface area (Å²) >= 11 is 3.27. The molecule has 1 aromatic rings.